The van der Waals surface area contributed by atoms with Crippen LogP contribution in [0.25, 0.3) is 0 Å². The van der Waals surface area contributed by atoms with Gasteiger partial charge in [0.2, 0.25) is 0 Å². The van der Waals surface area contributed by atoms with Crippen LogP contribution in [0.4, 0.5) is 8.78 Å². The van der Waals surface area contributed by atoms with Gasteiger partial charge >= 0.3 is 12.6 Å². The Labute approximate surface area is 121 Å². The zero-order valence-electron chi connectivity index (χ0n) is 10.1. The van der Waals surface area contributed by atoms with Crippen molar-refractivity contribution in [2.45, 2.75) is 19.1 Å². The number of aliphatic hydroxyl groups is 1. The number of ether oxygens (including phenoxy) is 1. The number of aliphatic hydroxyl groups excluding tert-OH is 1. The first-order valence-electron chi connectivity index (χ1n) is 5.46. The average Bonchev–Trinajstić information content (AvgIpc) is 2.37. The number of alkyl halides is 3. The highest BCUT2D eigenvalue weighted by atomic mass is 79.9. The number of hydrogen-bond acceptors (Lipinski definition) is 4. The number of carbonyl (C=O) groups excluding carboxylic acids is 1. The van der Waals surface area contributed by atoms with E-state index in [1.165, 1.54) is 12.1 Å². The molecule has 20 heavy (non-hydrogen) atoms. The molecule has 1 aromatic rings. The van der Waals surface area contributed by atoms with Gasteiger partial charge in [0.15, 0.2) is 11.9 Å². The Morgan fingerprint density at radius 2 is 2.00 bits per heavy atom. The Hall–Kier alpha value is -1.54. The predicted molar refractivity (Wildman–Crippen MR) is 68.4 cm³/mol. The van der Waals surface area contributed by atoms with Crippen molar-refractivity contribution >= 4 is 27.7 Å². The van der Waals surface area contributed by atoms with E-state index in [1.54, 1.807) is 0 Å². The summed E-state index contributed by atoms with van der Waals surface area (Å²) in [4.78, 5) is 22.6. The highest BCUT2D eigenvalue weighted by Crippen LogP contribution is 2.32. The molecule has 0 saturated carbocycles. The lowest BCUT2D eigenvalue weighted by Gasteiger charge is -2.16. The van der Waals surface area contributed by atoms with Crippen molar-refractivity contribution < 1.29 is 33.3 Å². The standard InChI is InChI=1S/C12H11BrF2O5/c13-5-4-8(16)6-2-1-3-7(9(17)11(18)19)10(6)20-12(14)15/h1-3,9,12,17H,4-5H2,(H,18,19). The third kappa shape index (κ3) is 3.97. The number of aliphatic carboxylic acids is 1. The molecule has 0 saturated heterocycles. The number of para-hydroxylation sites is 1. The molecule has 5 nitrogen and oxygen atoms in total. The summed E-state index contributed by atoms with van der Waals surface area (Å²) in [5.41, 5.74) is -0.583. The molecule has 8 heteroatoms. The molecule has 110 valence electrons. The van der Waals surface area contributed by atoms with Crippen molar-refractivity contribution in [3.05, 3.63) is 29.3 Å². The van der Waals surface area contributed by atoms with Crippen molar-refractivity contribution in [3.63, 3.8) is 0 Å². The summed E-state index contributed by atoms with van der Waals surface area (Å²) in [7, 11) is 0. The molecule has 1 rings (SSSR count). The van der Waals surface area contributed by atoms with E-state index in [-0.39, 0.29) is 12.0 Å². The number of rotatable bonds is 7. The molecule has 0 radical (unpaired) electrons. The van der Waals surface area contributed by atoms with Gasteiger partial charge in [0, 0.05) is 17.3 Å². The van der Waals surface area contributed by atoms with Crippen molar-refractivity contribution in [2.75, 3.05) is 5.33 Å². The van der Waals surface area contributed by atoms with E-state index in [2.05, 4.69) is 20.7 Å². The molecule has 2 N–H and O–H groups in total. The third-order valence-corrected chi connectivity index (χ3v) is 2.80. The molecule has 0 bridgehead atoms. The smallest absolute Gasteiger partial charge is 0.387 e. The second-order valence-electron chi connectivity index (χ2n) is 3.71. The maximum atomic E-state index is 12.4. The largest absolute Gasteiger partial charge is 0.479 e. The summed E-state index contributed by atoms with van der Waals surface area (Å²) in [6.45, 7) is -3.24. The molecule has 1 atom stereocenters. The fraction of sp³-hybridized carbons (Fsp3) is 0.333. The van der Waals surface area contributed by atoms with Gasteiger partial charge in [-0.25, -0.2) is 4.79 Å². The number of ketones is 1. The van der Waals surface area contributed by atoms with E-state index < -0.39 is 35.8 Å². The van der Waals surface area contributed by atoms with Crippen LogP contribution in [0.1, 0.15) is 28.4 Å². The Morgan fingerprint density at radius 3 is 2.50 bits per heavy atom. The van der Waals surface area contributed by atoms with Crippen LogP contribution in [-0.4, -0.2) is 33.9 Å². The Balaban J connectivity index is 3.33. The summed E-state index contributed by atoms with van der Waals surface area (Å²) in [6.07, 6.45) is -2.04. The highest BCUT2D eigenvalue weighted by Gasteiger charge is 2.26. The van der Waals surface area contributed by atoms with Crippen LogP contribution in [0.5, 0.6) is 5.75 Å². The summed E-state index contributed by atoms with van der Waals surface area (Å²) in [6, 6.07) is 3.64. The fourth-order valence-electron chi connectivity index (χ4n) is 1.56. The van der Waals surface area contributed by atoms with Crippen LogP contribution in [0.15, 0.2) is 18.2 Å². The highest BCUT2D eigenvalue weighted by molar-refractivity contribution is 9.09. The lowest BCUT2D eigenvalue weighted by atomic mass is 10.0. The van der Waals surface area contributed by atoms with Crippen LogP contribution < -0.4 is 4.74 Å². The minimum absolute atomic E-state index is 0.0201. The minimum Gasteiger partial charge on any atom is -0.479 e. The molecular formula is C12H11BrF2O5. The number of carbonyl (C=O) groups is 2. The number of carboxylic acids is 1. The Bertz CT molecular complexity index is 507. The maximum Gasteiger partial charge on any atom is 0.387 e. The Kier molecular flexibility index (Phi) is 6.03. The van der Waals surface area contributed by atoms with Gasteiger partial charge in [-0.15, -0.1) is 0 Å². The number of carboxylic acid groups (broad SMARTS) is 1. The summed E-state index contributed by atoms with van der Waals surface area (Å²) < 4.78 is 29.1. The first-order valence-corrected chi connectivity index (χ1v) is 6.58. The lowest BCUT2D eigenvalue weighted by Crippen LogP contribution is -2.16. The van der Waals surface area contributed by atoms with Crippen LogP contribution >= 0.6 is 15.9 Å². The molecule has 1 aromatic carbocycles. The van der Waals surface area contributed by atoms with Gasteiger partial charge in [-0.2, -0.15) is 8.78 Å². The van der Waals surface area contributed by atoms with Gasteiger partial charge in [-0.3, -0.25) is 4.79 Å². The molecule has 1 unspecified atom stereocenters. The van der Waals surface area contributed by atoms with Crippen molar-refractivity contribution in [1.82, 2.24) is 0 Å². The summed E-state index contributed by atoms with van der Waals surface area (Å²) in [5.74, 6) is -2.74. The quantitative estimate of drug-likeness (QED) is 0.581. The fourth-order valence-corrected chi connectivity index (χ4v) is 1.92. The number of hydrogen-bond donors (Lipinski definition) is 2. The normalized spacial score (nSPS) is 12.2. The van der Waals surface area contributed by atoms with Gasteiger partial charge in [0.1, 0.15) is 5.75 Å². The molecule has 0 aromatic heterocycles. The molecule has 0 heterocycles. The number of Topliss-reactive ketones (excluding diaryl/α,β-unsaturated/α-hetero) is 1. The molecule has 0 aliphatic heterocycles. The van der Waals surface area contributed by atoms with Crippen LogP contribution in [-0.2, 0) is 4.79 Å². The number of benzene rings is 1. The maximum absolute atomic E-state index is 12.4. The predicted octanol–water partition coefficient (Wildman–Crippen LogP) is 2.37. The van der Waals surface area contributed by atoms with E-state index in [0.717, 1.165) is 6.07 Å². The van der Waals surface area contributed by atoms with E-state index in [9.17, 15) is 23.5 Å². The number of halogens is 3. The van der Waals surface area contributed by atoms with Gasteiger partial charge in [-0.05, 0) is 6.07 Å². The first-order chi connectivity index (χ1) is 9.38. The molecule has 0 amide bonds. The summed E-state index contributed by atoms with van der Waals surface area (Å²) >= 11 is 3.04. The van der Waals surface area contributed by atoms with Crippen molar-refractivity contribution in [1.29, 1.82) is 0 Å². The van der Waals surface area contributed by atoms with Gasteiger partial charge < -0.3 is 14.9 Å². The van der Waals surface area contributed by atoms with Crippen LogP contribution in [0.2, 0.25) is 0 Å². The Morgan fingerprint density at radius 1 is 1.35 bits per heavy atom. The SMILES string of the molecule is O=C(CCBr)c1cccc(C(O)C(=O)O)c1OC(F)F. The van der Waals surface area contributed by atoms with Crippen LogP contribution in [0.3, 0.4) is 0 Å². The molecular weight excluding hydrogens is 342 g/mol. The van der Waals surface area contributed by atoms with E-state index in [1.807, 2.05) is 0 Å². The van der Waals surface area contributed by atoms with Crippen LogP contribution in [0, 0.1) is 0 Å². The molecule has 0 aliphatic carbocycles. The van der Waals surface area contributed by atoms with E-state index in [0.29, 0.717) is 5.33 Å². The first kappa shape index (κ1) is 16.5. The van der Waals surface area contributed by atoms with Gasteiger partial charge in [0.05, 0.1) is 5.56 Å². The van der Waals surface area contributed by atoms with Gasteiger partial charge in [-0.1, -0.05) is 28.1 Å². The third-order valence-electron chi connectivity index (χ3n) is 2.40. The van der Waals surface area contributed by atoms with Gasteiger partial charge in [0.25, 0.3) is 0 Å². The zero-order chi connectivity index (χ0) is 15.3. The second kappa shape index (κ2) is 7.30. The monoisotopic (exact) mass is 352 g/mol. The summed E-state index contributed by atoms with van der Waals surface area (Å²) in [5, 5.41) is 18.5. The molecule has 0 fully saturated rings. The molecule has 0 spiro atoms. The zero-order valence-corrected chi connectivity index (χ0v) is 11.6. The minimum atomic E-state index is -3.24. The second-order valence-corrected chi connectivity index (χ2v) is 4.50. The molecule has 0 aliphatic rings. The van der Waals surface area contributed by atoms with Crippen molar-refractivity contribution in [2.24, 2.45) is 0 Å². The van der Waals surface area contributed by atoms with Crippen molar-refractivity contribution in [3.8, 4) is 5.75 Å². The lowest BCUT2D eigenvalue weighted by molar-refractivity contribution is -0.147. The van der Waals surface area contributed by atoms with E-state index in [4.69, 9.17) is 5.11 Å². The average molecular weight is 353 g/mol. The van der Waals surface area contributed by atoms with E-state index >= 15 is 0 Å². The topological polar surface area (TPSA) is 83.8 Å².